The molecule has 2 N–H and O–H groups in total. The van der Waals surface area contributed by atoms with Gasteiger partial charge in [0, 0.05) is 5.02 Å². The fourth-order valence-corrected chi connectivity index (χ4v) is 2.65. The maximum absolute atomic E-state index is 11.5. The number of carbonyl (C=O) groups is 2. The number of amides is 1. The minimum Gasteiger partial charge on any atom is -0.481 e. The predicted octanol–water partition coefficient (Wildman–Crippen LogP) is 2.13. The average molecular weight is 326 g/mol. The van der Waals surface area contributed by atoms with Crippen LogP contribution in [0, 0.1) is 0 Å². The summed E-state index contributed by atoms with van der Waals surface area (Å²) in [6.45, 7) is 1.78. The second-order valence-electron chi connectivity index (χ2n) is 4.29. The van der Waals surface area contributed by atoms with Crippen LogP contribution in [0.5, 0.6) is 0 Å². The minimum atomic E-state index is -1.02. The Morgan fingerprint density at radius 1 is 1.43 bits per heavy atom. The lowest BCUT2D eigenvalue weighted by molar-refractivity contribution is -0.138. The molecule has 0 radical (unpaired) electrons. The van der Waals surface area contributed by atoms with E-state index in [1.165, 1.54) is 0 Å². The van der Waals surface area contributed by atoms with Gasteiger partial charge in [-0.05, 0) is 24.6 Å². The van der Waals surface area contributed by atoms with Gasteiger partial charge in [-0.15, -0.1) is 5.10 Å². The molecule has 0 bridgehead atoms. The van der Waals surface area contributed by atoms with Crippen LogP contribution in [0.4, 0.5) is 0 Å². The van der Waals surface area contributed by atoms with E-state index in [0.717, 1.165) is 17.3 Å². The molecule has 1 amide bonds. The van der Waals surface area contributed by atoms with Gasteiger partial charge in [-0.3, -0.25) is 9.59 Å². The SMILES string of the molecule is C/C(=N\N=C1\NC(=O)C(CC(=O)O)S1)c1ccc(Cl)cc1. The van der Waals surface area contributed by atoms with Crippen LogP contribution < -0.4 is 5.32 Å². The Morgan fingerprint density at radius 2 is 2.10 bits per heavy atom. The average Bonchev–Trinajstić information content (AvgIpc) is 2.77. The van der Waals surface area contributed by atoms with Crippen molar-refractivity contribution >= 4 is 46.1 Å². The Labute approximate surface area is 130 Å². The Hall–Kier alpha value is -1.86. The van der Waals surface area contributed by atoms with Gasteiger partial charge >= 0.3 is 5.97 Å². The second-order valence-corrected chi connectivity index (χ2v) is 5.92. The first-order valence-electron chi connectivity index (χ1n) is 6.03. The van der Waals surface area contributed by atoms with Gasteiger partial charge in [-0.2, -0.15) is 5.10 Å². The van der Waals surface area contributed by atoms with Gasteiger partial charge in [-0.1, -0.05) is 35.5 Å². The number of rotatable bonds is 4. The van der Waals surface area contributed by atoms with E-state index in [1.807, 2.05) is 12.1 Å². The molecule has 8 heteroatoms. The van der Waals surface area contributed by atoms with E-state index >= 15 is 0 Å². The van der Waals surface area contributed by atoms with Crippen molar-refractivity contribution < 1.29 is 14.7 Å². The lowest BCUT2D eigenvalue weighted by atomic mass is 10.1. The van der Waals surface area contributed by atoms with Crippen molar-refractivity contribution in [2.24, 2.45) is 10.2 Å². The van der Waals surface area contributed by atoms with Gasteiger partial charge in [0.2, 0.25) is 5.91 Å². The molecule has 0 aliphatic carbocycles. The quantitative estimate of drug-likeness (QED) is 0.655. The number of hydrogen-bond acceptors (Lipinski definition) is 5. The van der Waals surface area contributed by atoms with Crippen molar-refractivity contribution in [1.82, 2.24) is 5.32 Å². The highest BCUT2D eigenvalue weighted by molar-refractivity contribution is 8.15. The van der Waals surface area contributed by atoms with Crippen LogP contribution in [-0.4, -0.2) is 33.1 Å². The number of thioether (sulfide) groups is 1. The standard InChI is InChI=1S/C13H12ClN3O3S/c1-7(8-2-4-9(14)5-3-8)16-17-13-15-12(20)10(21-13)6-11(18)19/h2-5,10H,6H2,1H3,(H,18,19)(H,15,17,20)/b16-7+. The topological polar surface area (TPSA) is 91.1 Å². The van der Waals surface area contributed by atoms with Crippen LogP contribution >= 0.6 is 23.4 Å². The summed E-state index contributed by atoms with van der Waals surface area (Å²) in [5.74, 6) is -1.38. The van der Waals surface area contributed by atoms with E-state index in [9.17, 15) is 9.59 Å². The number of amidine groups is 1. The highest BCUT2D eigenvalue weighted by Crippen LogP contribution is 2.22. The molecular weight excluding hydrogens is 314 g/mol. The van der Waals surface area contributed by atoms with Crippen molar-refractivity contribution in [1.29, 1.82) is 0 Å². The van der Waals surface area contributed by atoms with Crippen LogP contribution in [0.15, 0.2) is 34.5 Å². The third-order valence-electron chi connectivity index (χ3n) is 2.69. The number of carboxylic acids is 1. The molecule has 110 valence electrons. The summed E-state index contributed by atoms with van der Waals surface area (Å²) in [6.07, 6.45) is -0.241. The first-order chi connectivity index (χ1) is 9.95. The molecule has 21 heavy (non-hydrogen) atoms. The predicted molar refractivity (Wildman–Crippen MR) is 82.9 cm³/mol. The number of benzene rings is 1. The van der Waals surface area contributed by atoms with Crippen molar-refractivity contribution in [2.45, 2.75) is 18.6 Å². The Balaban J connectivity index is 2.07. The summed E-state index contributed by atoms with van der Waals surface area (Å²) >= 11 is 6.87. The summed E-state index contributed by atoms with van der Waals surface area (Å²) in [5, 5.41) is 19.5. The molecule has 1 aromatic rings. The highest BCUT2D eigenvalue weighted by atomic mass is 35.5. The monoisotopic (exact) mass is 325 g/mol. The molecule has 0 aromatic heterocycles. The van der Waals surface area contributed by atoms with E-state index in [2.05, 4.69) is 15.5 Å². The Bertz CT molecular complexity index is 628. The van der Waals surface area contributed by atoms with Crippen molar-refractivity contribution in [3.05, 3.63) is 34.9 Å². The lowest BCUT2D eigenvalue weighted by Gasteiger charge is -1.99. The van der Waals surface area contributed by atoms with Crippen LogP contribution in [-0.2, 0) is 9.59 Å². The van der Waals surface area contributed by atoms with Crippen LogP contribution in [0.25, 0.3) is 0 Å². The number of carboxylic acid groups (broad SMARTS) is 1. The first-order valence-corrected chi connectivity index (χ1v) is 7.29. The van der Waals surface area contributed by atoms with Crippen molar-refractivity contribution in [3.63, 3.8) is 0 Å². The fourth-order valence-electron chi connectivity index (χ4n) is 1.61. The van der Waals surface area contributed by atoms with Crippen molar-refractivity contribution in [3.8, 4) is 0 Å². The molecule has 1 aromatic carbocycles. The van der Waals surface area contributed by atoms with Gasteiger partial charge in [0.1, 0.15) is 5.25 Å². The summed E-state index contributed by atoms with van der Waals surface area (Å²) in [7, 11) is 0. The van der Waals surface area contributed by atoms with Crippen molar-refractivity contribution in [2.75, 3.05) is 0 Å². The zero-order valence-electron chi connectivity index (χ0n) is 11.0. The number of nitrogens with one attached hydrogen (secondary N) is 1. The number of aliphatic carboxylic acids is 1. The van der Waals surface area contributed by atoms with Gasteiger partial charge in [0.25, 0.3) is 0 Å². The zero-order valence-corrected chi connectivity index (χ0v) is 12.6. The van der Waals surface area contributed by atoms with Gasteiger partial charge in [0.05, 0.1) is 12.1 Å². The summed E-state index contributed by atoms with van der Waals surface area (Å²) in [6, 6.07) is 7.12. The normalized spacial score (nSPS) is 20.7. The van der Waals surface area contributed by atoms with Gasteiger partial charge in [-0.25, -0.2) is 0 Å². The first kappa shape index (κ1) is 15.5. The molecule has 1 aliphatic heterocycles. The summed E-state index contributed by atoms with van der Waals surface area (Å²) in [5.41, 5.74) is 1.52. The third-order valence-corrected chi connectivity index (χ3v) is 4.01. The summed E-state index contributed by atoms with van der Waals surface area (Å²) < 4.78 is 0. The number of hydrogen-bond donors (Lipinski definition) is 2. The van der Waals surface area contributed by atoms with E-state index in [4.69, 9.17) is 16.7 Å². The lowest BCUT2D eigenvalue weighted by Crippen LogP contribution is -2.26. The van der Waals surface area contributed by atoms with Gasteiger partial charge < -0.3 is 10.4 Å². The van der Waals surface area contributed by atoms with E-state index in [0.29, 0.717) is 15.9 Å². The molecular formula is C13H12ClN3O3S. The molecule has 0 spiro atoms. The van der Waals surface area contributed by atoms with Crippen LogP contribution in [0.3, 0.4) is 0 Å². The van der Waals surface area contributed by atoms with Crippen LogP contribution in [0.2, 0.25) is 5.02 Å². The fraction of sp³-hybridized carbons (Fsp3) is 0.231. The Kier molecular flexibility index (Phi) is 4.98. The second kappa shape index (κ2) is 6.73. The highest BCUT2D eigenvalue weighted by Gasteiger charge is 2.32. The zero-order chi connectivity index (χ0) is 15.4. The molecule has 1 aliphatic rings. The van der Waals surface area contributed by atoms with E-state index in [1.54, 1.807) is 19.1 Å². The van der Waals surface area contributed by atoms with E-state index in [-0.39, 0.29) is 12.3 Å². The molecule has 1 saturated heterocycles. The maximum Gasteiger partial charge on any atom is 0.305 e. The Morgan fingerprint density at radius 3 is 2.71 bits per heavy atom. The van der Waals surface area contributed by atoms with E-state index < -0.39 is 11.2 Å². The number of nitrogens with zero attached hydrogens (tertiary/aromatic N) is 2. The maximum atomic E-state index is 11.5. The number of carbonyl (C=O) groups excluding carboxylic acids is 1. The third kappa shape index (κ3) is 4.30. The summed E-state index contributed by atoms with van der Waals surface area (Å²) in [4.78, 5) is 22.1. The molecule has 1 heterocycles. The molecule has 1 unspecified atom stereocenters. The molecule has 2 rings (SSSR count). The minimum absolute atomic E-state index is 0.241. The molecule has 0 saturated carbocycles. The molecule has 1 atom stereocenters. The van der Waals surface area contributed by atoms with Gasteiger partial charge in [0.15, 0.2) is 5.17 Å². The number of halogens is 1. The molecule has 6 nitrogen and oxygen atoms in total. The van der Waals surface area contributed by atoms with Crippen LogP contribution in [0.1, 0.15) is 18.9 Å². The smallest absolute Gasteiger partial charge is 0.305 e. The largest absolute Gasteiger partial charge is 0.481 e. The molecule has 1 fully saturated rings.